The predicted molar refractivity (Wildman–Crippen MR) is 76.2 cm³/mol. The van der Waals surface area contributed by atoms with E-state index in [4.69, 9.17) is 9.47 Å². The highest BCUT2D eigenvalue weighted by molar-refractivity contribution is 7.59. The van der Waals surface area contributed by atoms with Crippen LogP contribution in [0.5, 0.6) is 5.75 Å². The third kappa shape index (κ3) is 3.86. The van der Waals surface area contributed by atoms with Gasteiger partial charge < -0.3 is 19.5 Å². The lowest BCUT2D eigenvalue weighted by Crippen LogP contribution is -2.35. The molecular formula is C13H19NO4S. The average molecular weight is 285 g/mol. The Hall–Kier alpha value is -1.24. The van der Waals surface area contributed by atoms with Crippen molar-refractivity contribution in [3.8, 4) is 5.75 Å². The van der Waals surface area contributed by atoms with Crippen LogP contribution < -0.4 is 10.1 Å². The number of hydrogen-bond donors (Lipinski definition) is 1. The molecule has 0 bridgehead atoms. The minimum atomic E-state index is -0.355. The van der Waals surface area contributed by atoms with Gasteiger partial charge in [-0.25, -0.2) is 4.79 Å². The molecule has 0 fully saturated rings. The summed E-state index contributed by atoms with van der Waals surface area (Å²) in [5.74, 6) is 0.371. The maximum absolute atomic E-state index is 11.4. The second-order valence-electron chi connectivity index (χ2n) is 4.16. The van der Waals surface area contributed by atoms with Gasteiger partial charge >= 0.3 is 5.97 Å². The fraction of sp³-hybridized carbons (Fsp3) is 0.462. The summed E-state index contributed by atoms with van der Waals surface area (Å²) in [6.45, 7) is 1.81. The summed E-state index contributed by atoms with van der Waals surface area (Å²) in [4.78, 5) is 11.4. The Balaban J connectivity index is 0.00000180. The number of rotatable bonds is 3. The van der Waals surface area contributed by atoms with Crippen molar-refractivity contribution in [2.45, 2.75) is 12.6 Å². The van der Waals surface area contributed by atoms with Crippen LogP contribution >= 0.6 is 13.5 Å². The quantitative estimate of drug-likeness (QED) is 0.842. The van der Waals surface area contributed by atoms with Gasteiger partial charge in [-0.1, -0.05) is 6.07 Å². The van der Waals surface area contributed by atoms with Crippen molar-refractivity contribution in [3.63, 3.8) is 0 Å². The number of hydrogen-bond acceptors (Lipinski definition) is 5. The van der Waals surface area contributed by atoms with Gasteiger partial charge in [0, 0.05) is 19.2 Å². The number of nitrogens with one attached hydrogen (secondary N) is 1. The minimum Gasteiger partial charge on any atom is -0.492 e. The molecule has 1 aliphatic heterocycles. The van der Waals surface area contributed by atoms with E-state index in [1.165, 1.54) is 7.11 Å². The smallest absolute Gasteiger partial charge is 0.337 e. The molecular weight excluding hydrogens is 266 g/mol. The molecule has 0 saturated heterocycles. The number of esters is 1. The molecule has 0 spiro atoms. The molecule has 1 aliphatic rings. The Morgan fingerprint density at radius 3 is 2.95 bits per heavy atom. The molecule has 1 N–H and O–H groups in total. The van der Waals surface area contributed by atoms with E-state index >= 15 is 0 Å². The summed E-state index contributed by atoms with van der Waals surface area (Å²) >= 11 is 0. The first-order chi connectivity index (χ1) is 8.74. The minimum absolute atomic E-state index is 0. The molecule has 0 radical (unpaired) electrons. The molecule has 0 unspecified atom stereocenters. The largest absolute Gasteiger partial charge is 0.492 e. The van der Waals surface area contributed by atoms with Crippen molar-refractivity contribution in [3.05, 3.63) is 29.3 Å². The van der Waals surface area contributed by atoms with Crippen molar-refractivity contribution in [2.75, 3.05) is 27.4 Å². The van der Waals surface area contributed by atoms with Gasteiger partial charge in [-0.05, 0) is 12.1 Å². The Morgan fingerprint density at radius 1 is 1.47 bits per heavy atom. The van der Waals surface area contributed by atoms with E-state index in [0.29, 0.717) is 25.3 Å². The summed E-state index contributed by atoms with van der Waals surface area (Å²) in [5, 5.41) is 3.34. The second kappa shape index (κ2) is 7.37. The maximum atomic E-state index is 11.4. The van der Waals surface area contributed by atoms with Gasteiger partial charge in [-0.15, -0.1) is 0 Å². The van der Waals surface area contributed by atoms with Crippen molar-refractivity contribution in [2.24, 2.45) is 0 Å². The average Bonchev–Trinajstić information content (AvgIpc) is 2.60. The number of ether oxygens (including phenoxy) is 3. The molecule has 2 rings (SSSR count). The first kappa shape index (κ1) is 15.8. The van der Waals surface area contributed by atoms with E-state index < -0.39 is 0 Å². The van der Waals surface area contributed by atoms with Crippen LogP contribution in [0.25, 0.3) is 0 Å². The molecule has 0 aromatic heterocycles. The normalized spacial score (nSPS) is 17.5. The lowest BCUT2D eigenvalue weighted by Gasteiger charge is -2.13. The summed E-state index contributed by atoms with van der Waals surface area (Å²) in [5.41, 5.74) is 1.53. The molecule has 0 aliphatic carbocycles. The third-order valence-electron chi connectivity index (χ3n) is 2.88. The maximum Gasteiger partial charge on any atom is 0.337 e. The van der Waals surface area contributed by atoms with Crippen LogP contribution in [-0.4, -0.2) is 39.4 Å². The lowest BCUT2D eigenvalue weighted by atomic mass is 10.1. The molecule has 106 valence electrons. The van der Waals surface area contributed by atoms with Crippen LogP contribution in [0.1, 0.15) is 15.9 Å². The zero-order valence-corrected chi connectivity index (χ0v) is 12.1. The van der Waals surface area contributed by atoms with Crippen LogP contribution in [0.4, 0.5) is 0 Å². The predicted octanol–water partition coefficient (Wildman–Crippen LogP) is 1.08. The fourth-order valence-electron chi connectivity index (χ4n) is 1.89. The van der Waals surface area contributed by atoms with Crippen molar-refractivity contribution in [1.82, 2.24) is 5.32 Å². The van der Waals surface area contributed by atoms with Gasteiger partial charge in [-0.2, -0.15) is 13.5 Å². The van der Waals surface area contributed by atoms with Gasteiger partial charge in [0.2, 0.25) is 0 Å². The number of fused-ring (bicyclic) bond motifs is 1. The summed E-state index contributed by atoms with van der Waals surface area (Å²) in [6, 6.07) is 5.50. The number of benzene rings is 1. The van der Waals surface area contributed by atoms with E-state index in [2.05, 4.69) is 10.1 Å². The van der Waals surface area contributed by atoms with Crippen LogP contribution in [0, 0.1) is 0 Å². The fourth-order valence-corrected chi connectivity index (χ4v) is 1.89. The molecule has 6 heteroatoms. The van der Waals surface area contributed by atoms with Gasteiger partial charge in [0.15, 0.2) is 0 Å². The van der Waals surface area contributed by atoms with Gasteiger partial charge in [-0.3, -0.25) is 0 Å². The van der Waals surface area contributed by atoms with Crippen LogP contribution in [0.15, 0.2) is 18.2 Å². The Bertz CT molecular complexity index is 439. The highest BCUT2D eigenvalue weighted by atomic mass is 32.1. The zero-order chi connectivity index (χ0) is 13.0. The van der Waals surface area contributed by atoms with Gasteiger partial charge in [0.25, 0.3) is 0 Å². The van der Waals surface area contributed by atoms with E-state index in [9.17, 15) is 4.79 Å². The Morgan fingerprint density at radius 2 is 2.26 bits per heavy atom. The van der Waals surface area contributed by atoms with Crippen LogP contribution in [0.3, 0.4) is 0 Å². The molecule has 1 aromatic rings. The van der Waals surface area contributed by atoms with Crippen molar-refractivity contribution < 1.29 is 19.0 Å². The molecule has 1 heterocycles. The van der Waals surface area contributed by atoms with E-state index in [-0.39, 0.29) is 25.5 Å². The highest BCUT2D eigenvalue weighted by Crippen LogP contribution is 2.23. The van der Waals surface area contributed by atoms with E-state index in [1.54, 1.807) is 19.2 Å². The Labute approximate surface area is 119 Å². The molecule has 19 heavy (non-hydrogen) atoms. The first-order valence-corrected chi connectivity index (χ1v) is 5.81. The van der Waals surface area contributed by atoms with Crippen LogP contribution in [0.2, 0.25) is 0 Å². The summed E-state index contributed by atoms with van der Waals surface area (Å²) < 4.78 is 15.5. The molecule has 1 atom stereocenters. The zero-order valence-electron chi connectivity index (χ0n) is 11.1. The SMILES string of the molecule is COC[C@H]1COc2cc(C(=O)OC)ccc2CN1.S. The highest BCUT2D eigenvalue weighted by Gasteiger charge is 2.18. The summed E-state index contributed by atoms with van der Waals surface area (Å²) in [6.07, 6.45) is 0. The standard InChI is InChI=1S/C13H17NO4.H2S/c1-16-7-11-8-18-12-5-9(13(15)17-2)3-4-10(12)6-14-11;/h3-5,11,14H,6-8H2,1-2H3;1H2/t11-;/m0./s1. The Kier molecular flexibility index (Phi) is 6.14. The summed E-state index contributed by atoms with van der Waals surface area (Å²) in [7, 11) is 3.03. The number of carbonyl (C=O) groups excluding carboxylic acids is 1. The van der Waals surface area contributed by atoms with Crippen molar-refractivity contribution in [1.29, 1.82) is 0 Å². The lowest BCUT2D eigenvalue weighted by molar-refractivity contribution is 0.0600. The second-order valence-corrected chi connectivity index (χ2v) is 4.16. The van der Waals surface area contributed by atoms with Gasteiger partial charge in [0.1, 0.15) is 12.4 Å². The monoisotopic (exact) mass is 285 g/mol. The van der Waals surface area contributed by atoms with E-state index in [0.717, 1.165) is 11.3 Å². The van der Waals surface area contributed by atoms with Crippen molar-refractivity contribution >= 4 is 19.5 Å². The molecule has 1 aromatic carbocycles. The number of methoxy groups -OCH3 is 2. The van der Waals surface area contributed by atoms with Crippen LogP contribution in [-0.2, 0) is 16.0 Å². The topological polar surface area (TPSA) is 56.8 Å². The third-order valence-corrected chi connectivity index (χ3v) is 2.88. The molecule has 5 nitrogen and oxygen atoms in total. The first-order valence-electron chi connectivity index (χ1n) is 5.81. The molecule has 0 saturated carbocycles. The van der Waals surface area contributed by atoms with E-state index in [1.807, 2.05) is 6.07 Å². The molecule has 0 amide bonds. The number of carbonyl (C=O) groups is 1. The van der Waals surface area contributed by atoms with Gasteiger partial charge in [0.05, 0.1) is 25.3 Å².